The number of aryl methyl sites for hydroxylation is 1. The third kappa shape index (κ3) is 9.29. The molecule has 0 radical (unpaired) electrons. The minimum Gasteiger partial charge on any atom is -0.493 e. The number of alkyl halides is 3. The number of nitrogens with zero attached hydrogens (tertiary/aromatic N) is 1. The zero-order chi connectivity index (χ0) is 33.4. The van der Waals surface area contributed by atoms with E-state index in [1.807, 2.05) is 30.3 Å². The van der Waals surface area contributed by atoms with Crippen molar-refractivity contribution in [1.29, 1.82) is 0 Å². The van der Waals surface area contributed by atoms with Gasteiger partial charge in [-0.2, -0.15) is 13.2 Å². The first kappa shape index (κ1) is 32.9. The maximum absolute atomic E-state index is 14.3. The summed E-state index contributed by atoms with van der Waals surface area (Å²) in [5.41, 5.74) is 3.32. The van der Waals surface area contributed by atoms with Gasteiger partial charge in [0.15, 0.2) is 5.82 Å². The Morgan fingerprint density at radius 1 is 0.915 bits per heavy atom. The van der Waals surface area contributed by atoms with Gasteiger partial charge in [-0.05, 0) is 84.3 Å². The smallest absolute Gasteiger partial charge is 0.439 e. The lowest BCUT2D eigenvalue weighted by molar-refractivity contribution is -0.137. The first-order chi connectivity index (χ1) is 22.5. The van der Waals surface area contributed by atoms with E-state index in [2.05, 4.69) is 14.7 Å². The van der Waals surface area contributed by atoms with Crippen LogP contribution in [0.2, 0.25) is 0 Å². The van der Waals surface area contributed by atoms with Gasteiger partial charge in [-0.1, -0.05) is 65.8 Å². The van der Waals surface area contributed by atoms with Crippen LogP contribution < -0.4 is 10.5 Å². The van der Waals surface area contributed by atoms with E-state index < -0.39 is 29.3 Å². The number of allylic oxidation sites excluding steroid dienone is 1. The van der Waals surface area contributed by atoms with E-state index in [1.165, 1.54) is 30.3 Å². The molecule has 0 aliphatic carbocycles. The average molecular weight is 647 g/mol. The molecule has 5 rings (SSSR count). The highest BCUT2D eigenvalue weighted by atomic mass is 19.4. The van der Waals surface area contributed by atoms with Gasteiger partial charge >= 0.3 is 17.9 Å². The van der Waals surface area contributed by atoms with Crippen LogP contribution >= 0.6 is 0 Å². The van der Waals surface area contributed by atoms with Crippen LogP contribution in [0.4, 0.5) is 17.6 Å². The lowest BCUT2D eigenvalue weighted by atomic mass is 9.91. The molecular weight excluding hydrogens is 616 g/mol. The van der Waals surface area contributed by atoms with Gasteiger partial charge < -0.3 is 9.84 Å². The molecule has 1 unspecified atom stereocenters. The van der Waals surface area contributed by atoms with Crippen molar-refractivity contribution in [2.45, 2.75) is 31.9 Å². The Morgan fingerprint density at radius 3 is 2.21 bits per heavy atom. The van der Waals surface area contributed by atoms with Gasteiger partial charge in [-0.15, -0.1) is 0 Å². The van der Waals surface area contributed by atoms with Crippen LogP contribution in [0.25, 0.3) is 17.5 Å². The number of carboxylic acids is 1. The molecule has 0 amide bonds. The van der Waals surface area contributed by atoms with Gasteiger partial charge in [0.25, 0.3) is 0 Å². The standard InChI is InChI=1S/C36H30F4N2O5/c37-31-17-18-32(46-20-19-24-8-15-30(16-9-24)36(38,39)40)29(22-31)14-7-25(21-26-5-12-28(13-6-26)34(43)44)2-1-23-3-10-27(11-4-23)33-41-35(45)47-42-33/h3-18,22,25H,1-2,19-21H2,(H,43,44)(H,41,42,45). The predicted octanol–water partition coefficient (Wildman–Crippen LogP) is 8.01. The first-order valence-electron chi connectivity index (χ1n) is 14.8. The second-order valence-corrected chi connectivity index (χ2v) is 11.0. The minimum atomic E-state index is -4.41. The maximum Gasteiger partial charge on any atom is 0.439 e. The quantitative estimate of drug-likeness (QED) is 0.126. The molecule has 2 N–H and O–H groups in total. The van der Waals surface area contributed by atoms with Crippen molar-refractivity contribution in [3.8, 4) is 17.1 Å². The molecule has 11 heteroatoms. The second kappa shape index (κ2) is 14.8. The Hall–Kier alpha value is -5.45. The van der Waals surface area contributed by atoms with Crippen LogP contribution in [0.5, 0.6) is 5.75 Å². The zero-order valence-electron chi connectivity index (χ0n) is 25.0. The fraction of sp³-hybridized carbons (Fsp3) is 0.194. The monoisotopic (exact) mass is 646 g/mol. The molecule has 1 heterocycles. The van der Waals surface area contributed by atoms with Crippen molar-refractivity contribution in [1.82, 2.24) is 10.1 Å². The number of benzene rings is 4. The molecular formula is C36H30F4N2O5. The van der Waals surface area contributed by atoms with Crippen LogP contribution in [-0.4, -0.2) is 27.8 Å². The molecule has 1 atom stereocenters. The van der Waals surface area contributed by atoms with Gasteiger partial charge in [0, 0.05) is 17.5 Å². The second-order valence-electron chi connectivity index (χ2n) is 11.0. The van der Waals surface area contributed by atoms with Crippen molar-refractivity contribution >= 4 is 12.0 Å². The Balaban J connectivity index is 1.29. The van der Waals surface area contributed by atoms with Gasteiger partial charge in [0.1, 0.15) is 11.6 Å². The lowest BCUT2D eigenvalue weighted by Gasteiger charge is -2.15. The van der Waals surface area contributed by atoms with Crippen LogP contribution in [0.3, 0.4) is 0 Å². The topological polar surface area (TPSA) is 105 Å². The van der Waals surface area contributed by atoms with Gasteiger partial charge in [0.05, 0.1) is 17.7 Å². The third-order valence-electron chi connectivity index (χ3n) is 7.62. The molecule has 242 valence electrons. The molecule has 0 spiro atoms. The number of hydrogen-bond donors (Lipinski definition) is 2. The molecule has 47 heavy (non-hydrogen) atoms. The van der Waals surface area contributed by atoms with Crippen LogP contribution in [0.1, 0.15) is 44.6 Å². The summed E-state index contributed by atoms with van der Waals surface area (Å²) < 4.78 is 63.4. The summed E-state index contributed by atoms with van der Waals surface area (Å²) in [5.74, 6) is -1.36. The van der Waals surface area contributed by atoms with Gasteiger partial charge in [-0.25, -0.2) is 14.0 Å². The number of hydrogen-bond acceptors (Lipinski definition) is 5. The van der Waals surface area contributed by atoms with Gasteiger partial charge in [0.2, 0.25) is 0 Å². The largest absolute Gasteiger partial charge is 0.493 e. The van der Waals surface area contributed by atoms with Crippen LogP contribution in [-0.2, 0) is 25.4 Å². The first-order valence-corrected chi connectivity index (χ1v) is 14.8. The van der Waals surface area contributed by atoms with Crippen molar-refractivity contribution in [2.24, 2.45) is 5.92 Å². The Labute approximate surface area is 267 Å². The van der Waals surface area contributed by atoms with E-state index in [-0.39, 0.29) is 18.1 Å². The third-order valence-corrected chi connectivity index (χ3v) is 7.62. The number of carbonyl (C=O) groups is 1. The van der Waals surface area contributed by atoms with E-state index in [1.54, 1.807) is 30.3 Å². The van der Waals surface area contributed by atoms with Crippen LogP contribution in [0.15, 0.2) is 106 Å². The number of carboxylic acid groups (broad SMARTS) is 1. The number of aromatic nitrogens is 2. The molecule has 0 fully saturated rings. The molecule has 0 aliphatic rings. The van der Waals surface area contributed by atoms with E-state index in [0.717, 1.165) is 23.3 Å². The van der Waals surface area contributed by atoms with Crippen molar-refractivity contribution < 1.29 is 36.7 Å². The summed E-state index contributed by atoms with van der Waals surface area (Å²) >= 11 is 0. The molecule has 0 bridgehead atoms. The number of aromatic amines is 1. The SMILES string of the molecule is O=C(O)c1ccc(CC(C=Cc2cc(F)ccc2OCCc2ccc(C(F)(F)F)cc2)CCc2ccc(-c3noc(=O)[nH]3)cc2)cc1. The highest BCUT2D eigenvalue weighted by molar-refractivity contribution is 5.87. The Bertz CT molecular complexity index is 1880. The molecule has 5 aromatic rings. The molecule has 0 saturated carbocycles. The number of H-pyrrole nitrogens is 1. The predicted molar refractivity (Wildman–Crippen MR) is 168 cm³/mol. The normalized spacial score (nSPS) is 12.3. The van der Waals surface area contributed by atoms with E-state index >= 15 is 0 Å². The Kier molecular flexibility index (Phi) is 10.3. The van der Waals surface area contributed by atoms with Crippen molar-refractivity contribution in [3.63, 3.8) is 0 Å². The zero-order valence-corrected chi connectivity index (χ0v) is 25.0. The molecule has 0 saturated heterocycles. The number of rotatable bonds is 13. The summed E-state index contributed by atoms with van der Waals surface area (Å²) in [6.45, 7) is 0.176. The summed E-state index contributed by atoms with van der Waals surface area (Å²) in [7, 11) is 0. The Morgan fingerprint density at radius 2 is 1.57 bits per heavy atom. The van der Waals surface area contributed by atoms with Crippen molar-refractivity contribution in [3.05, 3.63) is 147 Å². The summed E-state index contributed by atoms with van der Waals surface area (Å²) in [6, 6.07) is 23.2. The molecule has 7 nitrogen and oxygen atoms in total. The average Bonchev–Trinajstić information content (AvgIpc) is 3.49. The van der Waals surface area contributed by atoms with Crippen molar-refractivity contribution in [2.75, 3.05) is 6.61 Å². The maximum atomic E-state index is 14.3. The van der Waals surface area contributed by atoms with Gasteiger partial charge in [-0.3, -0.25) is 9.51 Å². The van der Waals surface area contributed by atoms with E-state index in [0.29, 0.717) is 53.9 Å². The summed E-state index contributed by atoms with van der Waals surface area (Å²) in [6.07, 6.45) is 1.70. The summed E-state index contributed by atoms with van der Waals surface area (Å²) in [4.78, 5) is 25.1. The summed E-state index contributed by atoms with van der Waals surface area (Å²) in [5, 5.41) is 13.0. The fourth-order valence-corrected chi connectivity index (χ4v) is 5.05. The lowest BCUT2D eigenvalue weighted by Crippen LogP contribution is -2.06. The molecule has 4 aromatic carbocycles. The molecule has 1 aromatic heterocycles. The highest BCUT2D eigenvalue weighted by Gasteiger charge is 2.29. The fourth-order valence-electron chi connectivity index (χ4n) is 5.05. The minimum absolute atomic E-state index is 0.0273. The molecule has 0 aliphatic heterocycles. The highest BCUT2D eigenvalue weighted by Crippen LogP contribution is 2.29. The van der Waals surface area contributed by atoms with E-state index in [9.17, 15) is 32.3 Å². The number of nitrogens with one attached hydrogen (secondary N) is 1. The number of halogens is 4. The number of aromatic carboxylic acids is 1. The van der Waals surface area contributed by atoms with E-state index in [4.69, 9.17) is 4.74 Å². The van der Waals surface area contributed by atoms with Crippen LogP contribution in [0, 0.1) is 11.7 Å². The number of ether oxygens (including phenoxy) is 1.